The maximum Gasteiger partial charge on any atom is 0.102 e. The van der Waals surface area contributed by atoms with E-state index in [1.54, 1.807) is 7.11 Å². The van der Waals surface area contributed by atoms with Crippen molar-refractivity contribution in [3.05, 3.63) is 23.5 Å². The van der Waals surface area contributed by atoms with E-state index in [9.17, 15) is 5.11 Å². The van der Waals surface area contributed by atoms with Crippen LogP contribution in [0, 0.1) is 5.92 Å². The Hall–Kier alpha value is -0.760. The molecule has 2 nitrogen and oxygen atoms in total. The Labute approximate surface area is 85.3 Å². The molecule has 2 rings (SSSR count). The lowest BCUT2D eigenvalue weighted by Gasteiger charge is -2.41. The number of allylic oxidation sites excluding steroid dienone is 2. The van der Waals surface area contributed by atoms with Gasteiger partial charge in [0, 0.05) is 0 Å². The number of rotatable bonds is 1. The van der Waals surface area contributed by atoms with E-state index in [1.807, 2.05) is 6.92 Å². The maximum absolute atomic E-state index is 10.3. The number of ether oxygens (including phenoxy) is 1. The fourth-order valence-electron chi connectivity index (χ4n) is 2.69. The Morgan fingerprint density at radius 3 is 3.00 bits per heavy atom. The molecule has 2 aliphatic rings. The minimum atomic E-state index is -0.619. The molecule has 0 bridgehead atoms. The third-order valence-corrected chi connectivity index (χ3v) is 3.36. The van der Waals surface area contributed by atoms with Crippen LogP contribution in [0.5, 0.6) is 0 Å². The van der Waals surface area contributed by atoms with Gasteiger partial charge in [-0.2, -0.15) is 0 Å². The van der Waals surface area contributed by atoms with Crippen molar-refractivity contribution in [3.8, 4) is 0 Å². The number of aliphatic hydroxyl groups is 1. The quantitative estimate of drug-likeness (QED) is 0.649. The van der Waals surface area contributed by atoms with Crippen molar-refractivity contribution in [3.63, 3.8) is 0 Å². The topological polar surface area (TPSA) is 29.5 Å². The largest absolute Gasteiger partial charge is 0.501 e. The van der Waals surface area contributed by atoms with Crippen molar-refractivity contribution in [1.29, 1.82) is 0 Å². The highest BCUT2D eigenvalue weighted by molar-refractivity contribution is 5.29. The van der Waals surface area contributed by atoms with Gasteiger partial charge >= 0.3 is 0 Å². The van der Waals surface area contributed by atoms with Crippen LogP contribution in [0.3, 0.4) is 0 Å². The van der Waals surface area contributed by atoms with E-state index in [0.29, 0.717) is 0 Å². The zero-order valence-corrected chi connectivity index (χ0v) is 8.92. The maximum atomic E-state index is 10.3. The van der Waals surface area contributed by atoms with Crippen LogP contribution in [-0.2, 0) is 4.74 Å². The Kier molecular flexibility index (Phi) is 2.40. The summed E-state index contributed by atoms with van der Waals surface area (Å²) < 4.78 is 5.36. The SMILES string of the molecule is COC1=CCC=C2CCC[C@](C)(O)[C@H]21. The molecule has 0 spiro atoms. The van der Waals surface area contributed by atoms with Gasteiger partial charge in [-0.1, -0.05) is 11.6 Å². The molecule has 0 saturated heterocycles. The lowest BCUT2D eigenvalue weighted by atomic mass is 9.70. The summed E-state index contributed by atoms with van der Waals surface area (Å²) in [4.78, 5) is 0. The van der Waals surface area contributed by atoms with E-state index in [2.05, 4.69) is 12.2 Å². The third-order valence-electron chi connectivity index (χ3n) is 3.36. The Morgan fingerprint density at radius 1 is 1.50 bits per heavy atom. The van der Waals surface area contributed by atoms with Gasteiger partial charge in [0.25, 0.3) is 0 Å². The van der Waals surface area contributed by atoms with Crippen molar-refractivity contribution >= 4 is 0 Å². The first-order valence-electron chi connectivity index (χ1n) is 5.30. The lowest BCUT2D eigenvalue weighted by Crippen LogP contribution is -2.41. The summed E-state index contributed by atoms with van der Waals surface area (Å²) in [7, 11) is 1.69. The van der Waals surface area contributed by atoms with E-state index < -0.39 is 5.60 Å². The van der Waals surface area contributed by atoms with Crippen molar-refractivity contribution in [2.24, 2.45) is 5.92 Å². The lowest BCUT2D eigenvalue weighted by molar-refractivity contribution is -0.0141. The zero-order valence-electron chi connectivity index (χ0n) is 8.92. The number of hydrogen-bond acceptors (Lipinski definition) is 2. The van der Waals surface area contributed by atoms with Gasteiger partial charge in [-0.05, 0) is 38.7 Å². The molecule has 2 heteroatoms. The molecule has 0 aliphatic heterocycles. The van der Waals surface area contributed by atoms with Gasteiger partial charge in [0.05, 0.1) is 18.6 Å². The van der Waals surface area contributed by atoms with E-state index >= 15 is 0 Å². The molecule has 78 valence electrons. The summed E-state index contributed by atoms with van der Waals surface area (Å²) >= 11 is 0. The van der Waals surface area contributed by atoms with Crippen LogP contribution >= 0.6 is 0 Å². The Morgan fingerprint density at radius 2 is 2.29 bits per heavy atom. The molecule has 1 saturated carbocycles. The molecular formula is C12H18O2. The summed E-state index contributed by atoms with van der Waals surface area (Å²) in [5.41, 5.74) is 0.743. The molecule has 1 N–H and O–H groups in total. The molecule has 0 radical (unpaired) electrons. The molecule has 2 aliphatic carbocycles. The predicted molar refractivity (Wildman–Crippen MR) is 55.8 cm³/mol. The molecule has 1 fully saturated rings. The van der Waals surface area contributed by atoms with Crippen LogP contribution in [-0.4, -0.2) is 17.8 Å². The highest BCUT2D eigenvalue weighted by Crippen LogP contribution is 2.43. The van der Waals surface area contributed by atoms with Crippen molar-refractivity contribution in [2.75, 3.05) is 7.11 Å². The summed E-state index contributed by atoms with van der Waals surface area (Å²) in [6.45, 7) is 1.92. The molecule has 0 heterocycles. The average molecular weight is 194 g/mol. The van der Waals surface area contributed by atoms with Crippen LogP contribution in [0.15, 0.2) is 23.5 Å². The summed E-state index contributed by atoms with van der Waals surface area (Å²) in [5, 5.41) is 10.3. The minimum Gasteiger partial charge on any atom is -0.501 e. The standard InChI is InChI=1S/C12H18O2/c1-12(13)8-4-6-9-5-3-7-10(14-2)11(9)12/h5,7,11,13H,3-4,6,8H2,1-2H3/t11-,12+/m1/s1. The monoisotopic (exact) mass is 194 g/mol. The van der Waals surface area contributed by atoms with Crippen molar-refractivity contribution in [2.45, 2.75) is 38.2 Å². The van der Waals surface area contributed by atoms with Gasteiger partial charge in [0.1, 0.15) is 5.76 Å². The van der Waals surface area contributed by atoms with Gasteiger partial charge in [-0.15, -0.1) is 0 Å². The van der Waals surface area contributed by atoms with Gasteiger partial charge in [0.15, 0.2) is 0 Å². The molecular weight excluding hydrogens is 176 g/mol. The van der Waals surface area contributed by atoms with E-state index in [0.717, 1.165) is 31.4 Å². The molecule has 0 aromatic rings. The van der Waals surface area contributed by atoms with Crippen LogP contribution in [0.4, 0.5) is 0 Å². The highest BCUT2D eigenvalue weighted by atomic mass is 16.5. The Bertz CT molecular complexity index is 275. The van der Waals surface area contributed by atoms with E-state index in [1.165, 1.54) is 5.57 Å². The zero-order chi connectivity index (χ0) is 10.2. The second-order valence-corrected chi connectivity index (χ2v) is 4.47. The fourth-order valence-corrected chi connectivity index (χ4v) is 2.69. The minimum absolute atomic E-state index is 0.106. The van der Waals surface area contributed by atoms with Crippen LogP contribution < -0.4 is 0 Å². The number of methoxy groups -OCH3 is 1. The summed E-state index contributed by atoms with van der Waals surface area (Å²) in [6, 6.07) is 0. The third kappa shape index (κ3) is 1.48. The molecule has 0 aromatic carbocycles. The number of fused-ring (bicyclic) bond motifs is 1. The van der Waals surface area contributed by atoms with Crippen LogP contribution in [0.2, 0.25) is 0 Å². The summed E-state index contributed by atoms with van der Waals surface area (Å²) in [6.07, 6.45) is 8.34. The smallest absolute Gasteiger partial charge is 0.102 e. The van der Waals surface area contributed by atoms with E-state index in [-0.39, 0.29) is 5.92 Å². The second-order valence-electron chi connectivity index (χ2n) is 4.47. The number of hydrogen-bond donors (Lipinski definition) is 1. The molecule has 2 atom stereocenters. The summed E-state index contributed by atoms with van der Waals surface area (Å²) in [5.74, 6) is 1.06. The average Bonchev–Trinajstić information content (AvgIpc) is 2.16. The van der Waals surface area contributed by atoms with Crippen LogP contribution in [0.25, 0.3) is 0 Å². The molecule has 0 amide bonds. The van der Waals surface area contributed by atoms with Gasteiger partial charge in [-0.3, -0.25) is 0 Å². The fraction of sp³-hybridized carbons (Fsp3) is 0.667. The van der Waals surface area contributed by atoms with Gasteiger partial charge in [-0.25, -0.2) is 0 Å². The van der Waals surface area contributed by atoms with Crippen molar-refractivity contribution < 1.29 is 9.84 Å². The van der Waals surface area contributed by atoms with Crippen LogP contribution in [0.1, 0.15) is 32.6 Å². The van der Waals surface area contributed by atoms with Gasteiger partial charge in [0.2, 0.25) is 0 Å². The first kappa shape index (κ1) is 9.78. The first-order valence-corrected chi connectivity index (χ1v) is 5.30. The second kappa shape index (κ2) is 3.43. The molecule has 0 aromatic heterocycles. The van der Waals surface area contributed by atoms with E-state index in [4.69, 9.17) is 4.74 Å². The predicted octanol–water partition coefficient (Wildman–Crippen LogP) is 2.40. The van der Waals surface area contributed by atoms with Crippen molar-refractivity contribution in [1.82, 2.24) is 0 Å². The Balaban J connectivity index is 2.32. The first-order chi connectivity index (χ1) is 6.65. The molecule has 14 heavy (non-hydrogen) atoms. The normalized spacial score (nSPS) is 36.9. The van der Waals surface area contributed by atoms with Gasteiger partial charge < -0.3 is 9.84 Å². The molecule has 0 unspecified atom stereocenters. The highest BCUT2D eigenvalue weighted by Gasteiger charge is 2.41.